The van der Waals surface area contributed by atoms with Crippen LogP contribution in [0.1, 0.15) is 19.7 Å². The molecule has 0 saturated heterocycles. The quantitative estimate of drug-likeness (QED) is 0.795. The molecule has 1 aromatic carbocycles. The van der Waals surface area contributed by atoms with Crippen LogP contribution in [0.5, 0.6) is 5.75 Å². The van der Waals surface area contributed by atoms with Gasteiger partial charge in [0.05, 0.1) is 36.2 Å². The lowest BCUT2D eigenvalue weighted by molar-refractivity contribution is 0.110. The molecule has 0 fully saturated rings. The molecule has 0 amide bonds. The van der Waals surface area contributed by atoms with Gasteiger partial charge in [0.15, 0.2) is 11.6 Å². The van der Waals surface area contributed by atoms with Gasteiger partial charge >= 0.3 is 0 Å². The molecule has 110 valence electrons. The van der Waals surface area contributed by atoms with Crippen molar-refractivity contribution in [3.8, 4) is 5.75 Å². The Kier molecular flexibility index (Phi) is 4.20. The van der Waals surface area contributed by atoms with Crippen molar-refractivity contribution < 1.29 is 13.9 Å². The Morgan fingerprint density at radius 3 is 2.60 bits per heavy atom. The van der Waals surface area contributed by atoms with E-state index in [1.165, 1.54) is 13.2 Å². The first-order valence-electron chi connectivity index (χ1n) is 6.25. The third-order valence-corrected chi connectivity index (χ3v) is 3.46. The molecule has 6 heteroatoms. The largest absolute Gasteiger partial charge is 0.494 e. The van der Waals surface area contributed by atoms with Crippen LogP contribution in [-0.2, 0) is 16.2 Å². The van der Waals surface area contributed by atoms with Gasteiger partial charge in [0.2, 0.25) is 0 Å². The molecule has 4 nitrogen and oxygen atoms in total. The van der Waals surface area contributed by atoms with E-state index in [1.54, 1.807) is 13.2 Å². The number of ether oxygens (including phenoxy) is 2. The molecule has 1 heterocycles. The topological polar surface area (TPSA) is 36.3 Å². The molecule has 0 bridgehead atoms. The van der Waals surface area contributed by atoms with E-state index in [9.17, 15) is 4.39 Å². The number of alkyl halides is 1. The number of hydrogen-bond donors (Lipinski definition) is 0. The molecule has 0 spiro atoms. The van der Waals surface area contributed by atoms with Crippen molar-refractivity contribution in [2.75, 3.05) is 20.8 Å². The van der Waals surface area contributed by atoms with Crippen LogP contribution in [0.2, 0.25) is 0 Å². The predicted octanol–water partition coefficient (Wildman–Crippen LogP) is 3.30. The fourth-order valence-electron chi connectivity index (χ4n) is 2.47. The summed E-state index contributed by atoms with van der Waals surface area (Å²) >= 11 is 5.97. The predicted molar refractivity (Wildman–Crippen MR) is 77.0 cm³/mol. The summed E-state index contributed by atoms with van der Waals surface area (Å²) < 4.78 is 26.1. The van der Waals surface area contributed by atoms with E-state index in [-0.39, 0.29) is 17.2 Å². The molecule has 0 radical (unpaired) electrons. The van der Waals surface area contributed by atoms with Gasteiger partial charge in [0.25, 0.3) is 0 Å². The van der Waals surface area contributed by atoms with Crippen LogP contribution in [0.15, 0.2) is 12.1 Å². The van der Waals surface area contributed by atoms with Crippen LogP contribution >= 0.6 is 11.6 Å². The molecule has 20 heavy (non-hydrogen) atoms. The van der Waals surface area contributed by atoms with Gasteiger partial charge in [-0.1, -0.05) is 0 Å². The highest BCUT2D eigenvalue weighted by Gasteiger charge is 2.26. The number of imidazole rings is 1. The van der Waals surface area contributed by atoms with Crippen LogP contribution in [0.25, 0.3) is 11.0 Å². The fourth-order valence-corrected chi connectivity index (χ4v) is 2.65. The van der Waals surface area contributed by atoms with Gasteiger partial charge in [-0.05, 0) is 13.8 Å². The minimum absolute atomic E-state index is 0.188. The van der Waals surface area contributed by atoms with Crippen LogP contribution in [0.3, 0.4) is 0 Å². The lowest BCUT2D eigenvalue weighted by Gasteiger charge is -2.28. The van der Waals surface area contributed by atoms with Gasteiger partial charge in [0, 0.05) is 19.2 Å². The van der Waals surface area contributed by atoms with Gasteiger partial charge in [0.1, 0.15) is 5.82 Å². The maximum atomic E-state index is 13.8. The Bertz CT molecular complexity index is 625. The third kappa shape index (κ3) is 2.47. The number of hydrogen-bond acceptors (Lipinski definition) is 3. The van der Waals surface area contributed by atoms with E-state index in [0.29, 0.717) is 17.9 Å². The van der Waals surface area contributed by atoms with Crippen molar-refractivity contribution in [3.05, 3.63) is 23.8 Å². The summed E-state index contributed by atoms with van der Waals surface area (Å²) in [4.78, 5) is 4.40. The third-order valence-electron chi connectivity index (χ3n) is 3.22. The summed E-state index contributed by atoms with van der Waals surface area (Å²) in [5.41, 5.74) is 0.986. The zero-order valence-corrected chi connectivity index (χ0v) is 12.8. The second kappa shape index (κ2) is 5.58. The molecular weight excluding hydrogens is 283 g/mol. The number of fused-ring (bicyclic) bond motifs is 1. The van der Waals surface area contributed by atoms with E-state index in [2.05, 4.69) is 4.98 Å². The number of methoxy groups -OCH3 is 2. The smallest absolute Gasteiger partial charge is 0.167 e. The summed E-state index contributed by atoms with van der Waals surface area (Å²) in [6, 6.07) is 3.01. The first-order valence-corrected chi connectivity index (χ1v) is 6.78. The molecule has 2 rings (SSSR count). The van der Waals surface area contributed by atoms with Gasteiger partial charge in [-0.25, -0.2) is 9.37 Å². The lowest BCUT2D eigenvalue weighted by Crippen LogP contribution is -2.32. The molecule has 0 aliphatic rings. The summed E-state index contributed by atoms with van der Waals surface area (Å²) in [5, 5.41) is 0. The first kappa shape index (κ1) is 15.1. The molecule has 0 unspecified atom stereocenters. The van der Waals surface area contributed by atoms with Gasteiger partial charge in [-0.2, -0.15) is 0 Å². The Labute approximate surface area is 122 Å². The molecule has 2 aromatic rings. The number of aromatic nitrogens is 2. The Morgan fingerprint density at radius 2 is 2.05 bits per heavy atom. The summed E-state index contributed by atoms with van der Waals surface area (Å²) in [7, 11) is 3.08. The van der Waals surface area contributed by atoms with Crippen molar-refractivity contribution in [1.29, 1.82) is 0 Å². The number of halogens is 2. The second-order valence-electron chi connectivity index (χ2n) is 5.22. The molecule has 0 atom stereocenters. The average Bonchev–Trinajstić information content (AvgIpc) is 2.75. The Balaban J connectivity index is 2.73. The van der Waals surface area contributed by atoms with Gasteiger partial charge < -0.3 is 14.0 Å². The summed E-state index contributed by atoms with van der Waals surface area (Å²) in [5.74, 6) is 0.672. The van der Waals surface area contributed by atoms with E-state index in [1.807, 2.05) is 18.4 Å². The summed E-state index contributed by atoms with van der Waals surface area (Å²) in [6.07, 6.45) is 0. The first-order chi connectivity index (χ1) is 9.44. The van der Waals surface area contributed by atoms with Crippen molar-refractivity contribution in [3.63, 3.8) is 0 Å². The highest BCUT2D eigenvalue weighted by Crippen LogP contribution is 2.30. The second-order valence-corrected chi connectivity index (χ2v) is 5.49. The lowest BCUT2D eigenvalue weighted by atomic mass is 10.1. The highest BCUT2D eigenvalue weighted by atomic mass is 35.5. The Hall–Kier alpha value is -1.33. The standard InChI is InChI=1S/C14H18ClFN2O2/c1-14(2,8-19-3)18-11-6-12(20-4)9(16)5-10(11)17-13(18)7-15/h5-6H,7-8H2,1-4H3. The van der Waals surface area contributed by atoms with E-state index >= 15 is 0 Å². The van der Waals surface area contributed by atoms with Gasteiger partial charge in [-0.15, -0.1) is 11.6 Å². The zero-order chi connectivity index (χ0) is 14.9. The minimum Gasteiger partial charge on any atom is -0.494 e. The minimum atomic E-state index is -0.435. The van der Waals surface area contributed by atoms with E-state index < -0.39 is 5.82 Å². The highest BCUT2D eigenvalue weighted by molar-refractivity contribution is 6.16. The van der Waals surface area contributed by atoms with Crippen LogP contribution in [-0.4, -0.2) is 30.4 Å². The van der Waals surface area contributed by atoms with Crippen molar-refractivity contribution >= 4 is 22.6 Å². The SMILES string of the molecule is COCC(C)(C)n1c(CCl)nc2cc(F)c(OC)cc21. The maximum Gasteiger partial charge on any atom is 0.167 e. The molecule has 0 saturated carbocycles. The molecule has 1 aromatic heterocycles. The van der Waals surface area contributed by atoms with E-state index in [0.717, 1.165) is 5.52 Å². The fraction of sp³-hybridized carbons (Fsp3) is 0.500. The van der Waals surface area contributed by atoms with Gasteiger partial charge in [-0.3, -0.25) is 0 Å². The number of benzene rings is 1. The Morgan fingerprint density at radius 1 is 1.35 bits per heavy atom. The normalized spacial score (nSPS) is 12.1. The summed E-state index contributed by atoms with van der Waals surface area (Å²) in [6.45, 7) is 4.52. The monoisotopic (exact) mass is 300 g/mol. The average molecular weight is 301 g/mol. The van der Waals surface area contributed by atoms with Crippen LogP contribution < -0.4 is 4.74 Å². The molecule has 0 N–H and O–H groups in total. The van der Waals surface area contributed by atoms with Crippen molar-refractivity contribution in [2.24, 2.45) is 0 Å². The number of nitrogens with zero attached hydrogens (tertiary/aromatic N) is 2. The van der Waals surface area contributed by atoms with Crippen molar-refractivity contribution in [2.45, 2.75) is 25.3 Å². The van der Waals surface area contributed by atoms with Crippen LogP contribution in [0, 0.1) is 5.82 Å². The molecular formula is C14H18ClFN2O2. The number of rotatable bonds is 5. The zero-order valence-electron chi connectivity index (χ0n) is 12.0. The van der Waals surface area contributed by atoms with E-state index in [4.69, 9.17) is 21.1 Å². The van der Waals surface area contributed by atoms with Crippen molar-refractivity contribution in [1.82, 2.24) is 9.55 Å². The molecule has 0 aliphatic heterocycles. The molecule has 0 aliphatic carbocycles. The van der Waals surface area contributed by atoms with Crippen LogP contribution in [0.4, 0.5) is 4.39 Å². The maximum absolute atomic E-state index is 13.8.